The summed E-state index contributed by atoms with van der Waals surface area (Å²) in [6.45, 7) is 10.2. The molecule has 2 rings (SSSR count). The number of hydrogen-bond acceptors (Lipinski definition) is 1. The first kappa shape index (κ1) is 28.2. The minimum atomic E-state index is 0. The number of anilines is 1. The third-order valence-corrected chi connectivity index (χ3v) is 2.22. The minimum Gasteiger partial charge on any atom is -0.388 e. The van der Waals surface area contributed by atoms with Crippen LogP contribution in [0.25, 0.3) is 0 Å². The first-order valence-electron chi connectivity index (χ1n) is 7.47. The van der Waals surface area contributed by atoms with Crippen LogP contribution in [-0.4, -0.2) is 7.05 Å². The van der Waals surface area contributed by atoms with Crippen LogP contribution in [-0.2, 0) is 6.42 Å². The van der Waals surface area contributed by atoms with E-state index in [-0.39, 0.29) is 12.1 Å². The monoisotopic (exact) mass is 307 g/mol. The van der Waals surface area contributed by atoms with Crippen LogP contribution in [0.2, 0.25) is 0 Å². The van der Waals surface area contributed by atoms with E-state index in [0.29, 0.717) is 0 Å². The summed E-state index contributed by atoms with van der Waals surface area (Å²) < 4.78 is 0. The van der Waals surface area contributed by atoms with Gasteiger partial charge >= 0.3 is 0 Å². The van der Waals surface area contributed by atoms with Crippen molar-refractivity contribution in [1.29, 1.82) is 0 Å². The average molecular weight is 307 g/mol. The predicted molar refractivity (Wildman–Crippen MR) is 101 cm³/mol. The molecule has 0 amide bonds. The number of hydrogen-bond donors (Lipinski definition) is 1. The van der Waals surface area contributed by atoms with E-state index in [2.05, 4.69) is 42.6 Å². The van der Waals surface area contributed by atoms with E-state index < -0.39 is 0 Å². The van der Waals surface area contributed by atoms with Crippen LogP contribution in [0.1, 0.15) is 47.6 Å². The molecule has 0 radical (unpaired) electrons. The molecule has 22 heavy (non-hydrogen) atoms. The van der Waals surface area contributed by atoms with E-state index in [4.69, 9.17) is 0 Å². The van der Waals surface area contributed by atoms with Crippen LogP contribution in [0.5, 0.6) is 0 Å². The second-order valence-electron chi connectivity index (χ2n) is 3.27. The van der Waals surface area contributed by atoms with E-state index in [9.17, 15) is 0 Å². The Morgan fingerprint density at radius 1 is 0.864 bits per heavy atom. The molecule has 0 bridgehead atoms. The Balaban J connectivity index is -0.000000118. The second-order valence-corrected chi connectivity index (χ2v) is 3.27. The Labute approximate surface area is 138 Å². The average Bonchev–Trinajstić information content (AvgIpc) is 2.60. The number of para-hydroxylation sites is 1. The van der Waals surface area contributed by atoms with Gasteiger partial charge in [0.25, 0.3) is 0 Å². The fraction of sp³-hybridized carbons (Fsp3) is 0.400. The van der Waals surface area contributed by atoms with E-state index >= 15 is 0 Å². The molecule has 0 aromatic heterocycles. The molecular formula is C20H34FN. The van der Waals surface area contributed by atoms with Crippen LogP contribution in [0.3, 0.4) is 0 Å². The van der Waals surface area contributed by atoms with Gasteiger partial charge in [0, 0.05) is 12.7 Å². The number of nitrogens with one attached hydrogen (secondary N) is 1. The zero-order valence-electron chi connectivity index (χ0n) is 14.2. The molecule has 0 spiro atoms. The minimum absolute atomic E-state index is 0. The van der Waals surface area contributed by atoms with Crippen molar-refractivity contribution in [2.45, 2.75) is 48.5 Å². The molecule has 1 N–H and O–H groups in total. The molecular weight excluding hydrogens is 273 g/mol. The fourth-order valence-corrected chi connectivity index (χ4v) is 1.38. The zero-order valence-corrected chi connectivity index (χ0v) is 14.2. The first-order valence-corrected chi connectivity index (χ1v) is 7.47. The highest BCUT2D eigenvalue weighted by atomic mass is 19.0. The van der Waals surface area contributed by atoms with Crippen molar-refractivity contribution in [3.05, 3.63) is 66.2 Å². The van der Waals surface area contributed by atoms with Gasteiger partial charge in [0.15, 0.2) is 0 Å². The number of aryl methyl sites for hydroxylation is 1. The van der Waals surface area contributed by atoms with Gasteiger partial charge in [-0.3, -0.25) is 4.70 Å². The summed E-state index contributed by atoms with van der Waals surface area (Å²) in [5.41, 5.74) is 2.62. The summed E-state index contributed by atoms with van der Waals surface area (Å²) in [6, 6.07) is 21.4. The summed E-state index contributed by atoms with van der Waals surface area (Å²) in [6.07, 6.45) is 1.09. The molecule has 2 heteroatoms. The largest absolute Gasteiger partial charge is 0.388 e. The van der Waals surface area contributed by atoms with Crippen molar-refractivity contribution in [3.8, 4) is 0 Å². The standard InChI is InChI=1S/C9H13N.C6H4.2C2H6.CH4.FH/c1-3-8-6-4-5-7-9(8)10-2;1-2-4-6-5-3-1;2*1-2;;/h4-7,10H,3H2,1-2H3;1-4H;2*1-2H3;1H4;1H. The summed E-state index contributed by atoms with van der Waals surface area (Å²) >= 11 is 0. The molecule has 0 fully saturated rings. The molecule has 0 atom stereocenters. The lowest BCUT2D eigenvalue weighted by molar-refractivity contribution is 1.11. The predicted octanol–water partition coefficient (Wildman–Crippen LogP) is 6.42. The Morgan fingerprint density at radius 2 is 1.32 bits per heavy atom. The van der Waals surface area contributed by atoms with Gasteiger partial charge in [-0.15, -0.1) is 0 Å². The third kappa shape index (κ3) is 14.4. The van der Waals surface area contributed by atoms with Crippen molar-refractivity contribution in [1.82, 2.24) is 0 Å². The van der Waals surface area contributed by atoms with Crippen molar-refractivity contribution in [2.75, 3.05) is 12.4 Å². The van der Waals surface area contributed by atoms with Crippen LogP contribution in [0.15, 0.2) is 48.5 Å². The van der Waals surface area contributed by atoms with Gasteiger partial charge in [-0.25, -0.2) is 0 Å². The van der Waals surface area contributed by atoms with E-state index in [0.717, 1.165) is 6.42 Å². The molecule has 2 aromatic carbocycles. The van der Waals surface area contributed by atoms with Gasteiger partial charge in [0.1, 0.15) is 0 Å². The first-order chi connectivity index (χ1) is 9.88. The summed E-state index contributed by atoms with van der Waals surface area (Å²) in [5, 5.41) is 3.15. The van der Waals surface area contributed by atoms with Crippen LogP contribution >= 0.6 is 0 Å². The zero-order chi connectivity index (χ0) is 15.6. The topological polar surface area (TPSA) is 12.0 Å². The summed E-state index contributed by atoms with van der Waals surface area (Å²) in [5.74, 6) is 0. The van der Waals surface area contributed by atoms with Crippen molar-refractivity contribution in [3.63, 3.8) is 0 Å². The van der Waals surface area contributed by atoms with Crippen LogP contribution in [0.4, 0.5) is 10.4 Å². The Kier molecular flexibility index (Phi) is 30.8. The number of rotatable bonds is 2. The van der Waals surface area contributed by atoms with E-state index in [1.807, 2.05) is 65.1 Å². The Bertz CT molecular complexity index is 338. The van der Waals surface area contributed by atoms with Gasteiger partial charge in [-0.2, -0.15) is 0 Å². The molecule has 0 unspecified atom stereocenters. The lowest BCUT2D eigenvalue weighted by Gasteiger charge is -2.04. The maximum atomic E-state index is 3.15. The lowest BCUT2D eigenvalue weighted by atomic mass is 10.1. The highest BCUT2D eigenvalue weighted by Crippen LogP contribution is 2.13. The van der Waals surface area contributed by atoms with Crippen LogP contribution < -0.4 is 5.32 Å². The summed E-state index contributed by atoms with van der Waals surface area (Å²) in [7, 11) is 1.95. The molecule has 0 aliphatic heterocycles. The van der Waals surface area contributed by atoms with Gasteiger partial charge in [0.2, 0.25) is 0 Å². The molecule has 0 aliphatic rings. The fourth-order valence-electron chi connectivity index (χ4n) is 1.38. The van der Waals surface area contributed by atoms with Crippen molar-refractivity contribution < 1.29 is 4.70 Å². The van der Waals surface area contributed by atoms with Gasteiger partial charge in [-0.05, 0) is 30.2 Å². The van der Waals surface area contributed by atoms with Gasteiger partial charge in [0.05, 0.1) is 0 Å². The van der Waals surface area contributed by atoms with Crippen molar-refractivity contribution in [2.24, 2.45) is 0 Å². The molecule has 1 nitrogen and oxygen atoms in total. The highest BCUT2D eigenvalue weighted by molar-refractivity contribution is 5.50. The highest BCUT2D eigenvalue weighted by Gasteiger charge is 1.93. The van der Waals surface area contributed by atoms with Crippen molar-refractivity contribution >= 4 is 5.69 Å². The van der Waals surface area contributed by atoms with Gasteiger partial charge < -0.3 is 5.32 Å². The second kappa shape index (κ2) is 24.0. The molecule has 0 saturated carbocycles. The quantitative estimate of drug-likeness (QED) is 0.675. The van der Waals surface area contributed by atoms with E-state index in [1.54, 1.807) is 0 Å². The number of benzene rings is 1. The molecule has 0 saturated heterocycles. The normalized spacial score (nSPS) is 6.64. The molecule has 2 aromatic rings. The molecule has 0 heterocycles. The van der Waals surface area contributed by atoms with Gasteiger partial charge in [-0.1, -0.05) is 84.5 Å². The third-order valence-electron chi connectivity index (χ3n) is 2.22. The maximum absolute atomic E-state index is 3.15. The lowest BCUT2D eigenvalue weighted by Crippen LogP contribution is -1.92. The van der Waals surface area contributed by atoms with E-state index in [1.165, 1.54) is 11.3 Å². The summed E-state index contributed by atoms with van der Waals surface area (Å²) in [4.78, 5) is 0. The number of halogens is 1. The Morgan fingerprint density at radius 3 is 1.59 bits per heavy atom. The SMILES string of the molecule is C.CC.CC.CCc1ccccc1NC.F.c1ccccc#1. The molecule has 126 valence electrons. The maximum Gasteiger partial charge on any atom is 0.0370 e. The smallest absolute Gasteiger partial charge is 0.0370 e. The Hall–Kier alpha value is -2.01. The van der Waals surface area contributed by atoms with Crippen LogP contribution in [0, 0.1) is 12.1 Å². The molecule has 0 aliphatic carbocycles.